The summed E-state index contributed by atoms with van der Waals surface area (Å²) >= 11 is 0. The highest BCUT2D eigenvalue weighted by atomic mass is 19.2. The van der Waals surface area contributed by atoms with Gasteiger partial charge in [0.25, 0.3) is 0 Å². The van der Waals surface area contributed by atoms with Crippen molar-refractivity contribution in [1.29, 1.82) is 0 Å². The van der Waals surface area contributed by atoms with Crippen LogP contribution in [0.15, 0.2) is 6.07 Å². The van der Waals surface area contributed by atoms with Crippen LogP contribution in [-0.4, -0.2) is 12.7 Å². The Morgan fingerprint density at radius 3 is 2.34 bits per heavy atom. The lowest BCUT2D eigenvalue weighted by Gasteiger charge is -2.29. The summed E-state index contributed by atoms with van der Waals surface area (Å²) in [5.74, 6) is -0.317. The molecule has 0 amide bonds. The zero-order valence-corrected chi connectivity index (χ0v) is 18.3. The van der Waals surface area contributed by atoms with Crippen molar-refractivity contribution < 1.29 is 18.3 Å². The largest absolute Gasteiger partial charge is 0.490 e. The molecular formula is C25H38F2O2. The van der Waals surface area contributed by atoms with Gasteiger partial charge in [0.2, 0.25) is 11.6 Å². The van der Waals surface area contributed by atoms with Crippen LogP contribution in [-0.2, 0) is 6.42 Å². The van der Waals surface area contributed by atoms with E-state index < -0.39 is 11.6 Å². The summed E-state index contributed by atoms with van der Waals surface area (Å²) in [5, 5.41) is 0. The molecule has 164 valence electrons. The van der Waals surface area contributed by atoms with Crippen molar-refractivity contribution >= 4 is 0 Å². The molecule has 4 heteroatoms. The van der Waals surface area contributed by atoms with Gasteiger partial charge in [0.15, 0.2) is 11.5 Å². The molecule has 2 aliphatic rings. The van der Waals surface area contributed by atoms with E-state index in [1.165, 1.54) is 38.5 Å². The number of benzene rings is 1. The predicted octanol–water partition coefficient (Wildman–Crippen LogP) is 7.61. The molecule has 1 unspecified atom stereocenters. The summed E-state index contributed by atoms with van der Waals surface area (Å²) in [5.41, 5.74) is 0.742. The second kappa shape index (κ2) is 11.2. The standard InChI is InChI=1S/C25H38F2O2/c1-3-5-7-8-18-10-12-19(13-11-18)17-28-22-16-20-14-15-21(9-6-4-2)29-25(20)24(27)23(22)26/h16,18-19,21H,3-15,17H2,1-2H3. The molecule has 1 aromatic rings. The highest BCUT2D eigenvalue weighted by Crippen LogP contribution is 2.38. The molecule has 1 aliphatic carbocycles. The Morgan fingerprint density at radius 2 is 1.62 bits per heavy atom. The summed E-state index contributed by atoms with van der Waals surface area (Å²) in [6.45, 7) is 4.85. The van der Waals surface area contributed by atoms with E-state index in [1.54, 1.807) is 6.07 Å². The first kappa shape index (κ1) is 22.4. The second-order valence-corrected chi connectivity index (χ2v) is 9.11. The van der Waals surface area contributed by atoms with Crippen LogP contribution in [0, 0.1) is 23.5 Å². The Morgan fingerprint density at radius 1 is 0.897 bits per heavy atom. The number of ether oxygens (including phenoxy) is 2. The zero-order chi connectivity index (χ0) is 20.6. The molecule has 1 aliphatic heterocycles. The average Bonchev–Trinajstić information content (AvgIpc) is 2.75. The molecule has 0 spiro atoms. The third-order valence-electron chi connectivity index (χ3n) is 6.76. The normalized spacial score (nSPS) is 24.1. The van der Waals surface area contributed by atoms with E-state index in [4.69, 9.17) is 9.47 Å². The van der Waals surface area contributed by atoms with E-state index in [-0.39, 0.29) is 17.6 Å². The van der Waals surface area contributed by atoms with E-state index in [0.717, 1.165) is 56.4 Å². The maximum absolute atomic E-state index is 14.6. The molecule has 1 aromatic carbocycles. The van der Waals surface area contributed by atoms with Crippen LogP contribution in [0.4, 0.5) is 8.78 Å². The third kappa shape index (κ3) is 6.08. The van der Waals surface area contributed by atoms with E-state index in [1.807, 2.05) is 0 Å². The van der Waals surface area contributed by atoms with E-state index in [0.29, 0.717) is 12.5 Å². The Labute approximate surface area is 175 Å². The number of halogens is 2. The quantitative estimate of drug-likeness (QED) is 0.371. The van der Waals surface area contributed by atoms with Crippen LogP contribution in [0.5, 0.6) is 11.5 Å². The number of hydrogen-bond donors (Lipinski definition) is 0. The molecule has 1 heterocycles. The van der Waals surface area contributed by atoms with E-state index in [9.17, 15) is 8.78 Å². The van der Waals surface area contributed by atoms with Gasteiger partial charge < -0.3 is 9.47 Å². The minimum atomic E-state index is -0.895. The minimum absolute atomic E-state index is 0.00405. The zero-order valence-electron chi connectivity index (χ0n) is 18.3. The topological polar surface area (TPSA) is 18.5 Å². The first-order chi connectivity index (χ1) is 14.1. The van der Waals surface area contributed by atoms with Gasteiger partial charge in [-0.25, -0.2) is 0 Å². The molecular weight excluding hydrogens is 370 g/mol. The number of aryl methyl sites for hydroxylation is 1. The van der Waals surface area contributed by atoms with Gasteiger partial charge in [-0.05, 0) is 50.0 Å². The molecule has 1 atom stereocenters. The first-order valence-electron chi connectivity index (χ1n) is 11.9. The van der Waals surface area contributed by atoms with Crippen LogP contribution < -0.4 is 9.47 Å². The summed E-state index contributed by atoms with van der Waals surface area (Å²) in [7, 11) is 0. The van der Waals surface area contributed by atoms with Gasteiger partial charge in [0, 0.05) is 5.56 Å². The van der Waals surface area contributed by atoms with Gasteiger partial charge >= 0.3 is 0 Å². The molecule has 0 aromatic heterocycles. The smallest absolute Gasteiger partial charge is 0.204 e. The Hall–Kier alpha value is -1.32. The molecule has 0 radical (unpaired) electrons. The van der Waals surface area contributed by atoms with Gasteiger partial charge in [0.1, 0.15) is 0 Å². The minimum Gasteiger partial charge on any atom is -0.490 e. The van der Waals surface area contributed by atoms with Gasteiger partial charge in [0.05, 0.1) is 12.7 Å². The van der Waals surface area contributed by atoms with Crippen molar-refractivity contribution in [3.63, 3.8) is 0 Å². The van der Waals surface area contributed by atoms with Crippen LogP contribution in [0.25, 0.3) is 0 Å². The second-order valence-electron chi connectivity index (χ2n) is 9.11. The fraction of sp³-hybridized carbons (Fsp3) is 0.760. The van der Waals surface area contributed by atoms with Crippen molar-refractivity contribution in [1.82, 2.24) is 0 Å². The molecule has 0 bridgehead atoms. The van der Waals surface area contributed by atoms with Crippen LogP contribution >= 0.6 is 0 Å². The first-order valence-corrected chi connectivity index (χ1v) is 11.9. The van der Waals surface area contributed by atoms with Gasteiger partial charge in [-0.1, -0.05) is 65.2 Å². The van der Waals surface area contributed by atoms with Gasteiger partial charge in [-0.15, -0.1) is 0 Å². The van der Waals surface area contributed by atoms with Gasteiger partial charge in [-0.2, -0.15) is 8.78 Å². The predicted molar refractivity (Wildman–Crippen MR) is 114 cm³/mol. The van der Waals surface area contributed by atoms with E-state index in [2.05, 4.69) is 13.8 Å². The average molecular weight is 409 g/mol. The van der Waals surface area contributed by atoms with Gasteiger partial charge in [-0.3, -0.25) is 0 Å². The molecule has 3 rings (SSSR count). The number of unbranched alkanes of at least 4 members (excludes halogenated alkanes) is 3. The highest BCUT2D eigenvalue weighted by molar-refractivity contribution is 5.44. The van der Waals surface area contributed by atoms with Crippen LogP contribution in [0.1, 0.15) is 96.5 Å². The van der Waals surface area contributed by atoms with Crippen molar-refractivity contribution in [3.8, 4) is 11.5 Å². The lowest BCUT2D eigenvalue weighted by atomic mass is 9.80. The van der Waals surface area contributed by atoms with Crippen molar-refractivity contribution in [2.45, 2.75) is 103 Å². The van der Waals surface area contributed by atoms with Crippen LogP contribution in [0.2, 0.25) is 0 Å². The number of rotatable bonds is 10. The van der Waals surface area contributed by atoms with E-state index >= 15 is 0 Å². The summed E-state index contributed by atoms with van der Waals surface area (Å²) in [6.07, 6.45) is 14.6. The molecule has 1 fully saturated rings. The number of fused-ring (bicyclic) bond motifs is 1. The highest BCUT2D eigenvalue weighted by Gasteiger charge is 2.28. The fourth-order valence-corrected chi connectivity index (χ4v) is 4.81. The summed E-state index contributed by atoms with van der Waals surface area (Å²) < 4.78 is 40.8. The molecule has 2 nitrogen and oxygen atoms in total. The van der Waals surface area contributed by atoms with Crippen LogP contribution in [0.3, 0.4) is 0 Å². The molecule has 0 saturated heterocycles. The summed E-state index contributed by atoms with van der Waals surface area (Å²) in [6, 6.07) is 1.67. The maximum atomic E-state index is 14.6. The monoisotopic (exact) mass is 408 g/mol. The third-order valence-corrected chi connectivity index (χ3v) is 6.76. The van der Waals surface area contributed by atoms with Crippen molar-refractivity contribution in [2.75, 3.05) is 6.61 Å². The Balaban J connectivity index is 1.52. The molecule has 29 heavy (non-hydrogen) atoms. The molecule has 1 saturated carbocycles. The molecule has 0 N–H and O–H groups in total. The maximum Gasteiger partial charge on any atom is 0.204 e. The Kier molecular flexibility index (Phi) is 8.62. The number of hydrogen-bond acceptors (Lipinski definition) is 2. The lowest BCUT2D eigenvalue weighted by Crippen LogP contribution is -2.24. The SMILES string of the molecule is CCCCCC1CCC(COc2cc3c(c(F)c2F)OC(CCCC)CC3)CC1. The summed E-state index contributed by atoms with van der Waals surface area (Å²) in [4.78, 5) is 0. The lowest BCUT2D eigenvalue weighted by molar-refractivity contribution is 0.147. The Bertz CT molecular complexity index is 638. The fourth-order valence-electron chi connectivity index (χ4n) is 4.81. The van der Waals surface area contributed by atoms with Crippen molar-refractivity contribution in [2.24, 2.45) is 11.8 Å². The van der Waals surface area contributed by atoms with Crippen molar-refractivity contribution in [3.05, 3.63) is 23.3 Å².